The number of nitrogens with zero attached hydrogens (tertiary/aromatic N) is 2. The van der Waals surface area contributed by atoms with E-state index >= 15 is 0 Å². The Labute approximate surface area is 177 Å². The molecule has 1 fully saturated rings. The minimum absolute atomic E-state index is 0.0857. The zero-order valence-corrected chi connectivity index (χ0v) is 18.0. The van der Waals surface area contributed by atoms with Crippen molar-refractivity contribution in [3.05, 3.63) is 46.7 Å². The van der Waals surface area contributed by atoms with E-state index < -0.39 is 0 Å². The molecule has 2 heterocycles. The van der Waals surface area contributed by atoms with Crippen molar-refractivity contribution in [2.75, 3.05) is 31.5 Å². The van der Waals surface area contributed by atoms with Gasteiger partial charge in [-0.15, -0.1) is 11.3 Å². The third kappa shape index (κ3) is 7.09. The maximum atomic E-state index is 12.4. The third-order valence-corrected chi connectivity index (χ3v) is 5.50. The van der Waals surface area contributed by atoms with Crippen LogP contribution >= 0.6 is 11.3 Å². The normalized spacial score (nSPS) is 14.3. The molecule has 1 aliphatic rings. The van der Waals surface area contributed by atoms with Crippen molar-refractivity contribution in [3.8, 4) is 5.75 Å². The summed E-state index contributed by atoms with van der Waals surface area (Å²) >= 11 is 1.75. The Morgan fingerprint density at radius 1 is 1.21 bits per heavy atom. The Hall–Kier alpha value is -2.54. The van der Waals surface area contributed by atoms with Gasteiger partial charge in [-0.1, -0.05) is 6.07 Å². The standard InChI is InChI=1S/C22H30N4O2S/c1-17(2)28-19-9-7-18(8-10-19)25-22(23-12-11-20-6-5-15-29-20)24-16-21(27)26-13-3-4-14-26/h5-10,15,17H,3-4,11-14,16H2,1-2H3,(H2,23,24,25). The number of anilines is 1. The summed E-state index contributed by atoms with van der Waals surface area (Å²) in [7, 11) is 0. The summed E-state index contributed by atoms with van der Waals surface area (Å²) in [5.74, 6) is 1.54. The average molecular weight is 415 g/mol. The van der Waals surface area contributed by atoms with Crippen LogP contribution in [0.4, 0.5) is 5.69 Å². The summed E-state index contributed by atoms with van der Waals surface area (Å²) in [5.41, 5.74) is 0.900. The maximum absolute atomic E-state index is 12.4. The Balaban J connectivity index is 1.60. The van der Waals surface area contributed by atoms with Crippen molar-refractivity contribution >= 4 is 28.9 Å². The molecule has 0 unspecified atom stereocenters. The molecule has 3 rings (SSSR count). The molecule has 0 spiro atoms. The largest absolute Gasteiger partial charge is 0.491 e. The van der Waals surface area contributed by atoms with E-state index in [0.717, 1.165) is 50.3 Å². The van der Waals surface area contributed by atoms with E-state index in [0.29, 0.717) is 5.96 Å². The topological polar surface area (TPSA) is 66.0 Å². The minimum atomic E-state index is 0.0857. The number of carbonyl (C=O) groups is 1. The predicted octanol–water partition coefficient (Wildman–Crippen LogP) is 3.76. The van der Waals surface area contributed by atoms with Crippen LogP contribution in [0.5, 0.6) is 5.75 Å². The van der Waals surface area contributed by atoms with E-state index in [-0.39, 0.29) is 18.6 Å². The number of rotatable bonds is 8. The highest BCUT2D eigenvalue weighted by molar-refractivity contribution is 7.09. The summed E-state index contributed by atoms with van der Waals surface area (Å²) in [5, 5.41) is 8.73. The van der Waals surface area contributed by atoms with Crippen LogP contribution in [0.3, 0.4) is 0 Å². The molecule has 0 radical (unpaired) electrons. The van der Waals surface area contributed by atoms with Crippen LogP contribution in [0.15, 0.2) is 46.8 Å². The molecule has 1 aromatic heterocycles. The van der Waals surface area contributed by atoms with Crippen LogP contribution in [0.25, 0.3) is 0 Å². The fraction of sp³-hybridized carbons (Fsp3) is 0.455. The number of guanidine groups is 1. The Bertz CT molecular complexity index is 782. The van der Waals surface area contributed by atoms with E-state index in [1.54, 1.807) is 11.3 Å². The third-order valence-electron chi connectivity index (χ3n) is 4.56. The number of thiophene rings is 1. The molecule has 0 aliphatic carbocycles. The lowest BCUT2D eigenvalue weighted by atomic mass is 10.3. The number of ether oxygens (including phenoxy) is 1. The van der Waals surface area contributed by atoms with E-state index in [9.17, 15) is 4.79 Å². The number of hydrogen-bond acceptors (Lipinski definition) is 4. The van der Waals surface area contributed by atoms with Gasteiger partial charge >= 0.3 is 0 Å². The van der Waals surface area contributed by atoms with Gasteiger partial charge in [0, 0.05) is 30.2 Å². The summed E-state index contributed by atoms with van der Waals surface area (Å²) in [6.07, 6.45) is 3.23. The molecule has 156 valence electrons. The van der Waals surface area contributed by atoms with Gasteiger partial charge in [-0.3, -0.25) is 4.79 Å². The highest BCUT2D eigenvalue weighted by atomic mass is 32.1. The number of carbonyl (C=O) groups excluding carboxylic acids is 1. The molecular weight excluding hydrogens is 384 g/mol. The average Bonchev–Trinajstić information content (AvgIpc) is 3.41. The van der Waals surface area contributed by atoms with Crippen molar-refractivity contribution in [3.63, 3.8) is 0 Å². The quantitative estimate of drug-likeness (QED) is 0.510. The van der Waals surface area contributed by atoms with Gasteiger partial charge in [-0.05, 0) is 68.8 Å². The van der Waals surface area contributed by atoms with Crippen LogP contribution in [0.2, 0.25) is 0 Å². The van der Waals surface area contributed by atoms with E-state index in [1.165, 1.54) is 4.88 Å². The van der Waals surface area contributed by atoms with Crippen LogP contribution in [0, 0.1) is 0 Å². The second-order valence-corrected chi connectivity index (χ2v) is 8.36. The van der Waals surface area contributed by atoms with Crippen LogP contribution in [-0.4, -0.2) is 49.0 Å². The molecular formula is C22H30N4O2S. The van der Waals surface area contributed by atoms with Gasteiger partial charge in [0.25, 0.3) is 0 Å². The minimum Gasteiger partial charge on any atom is -0.491 e. The fourth-order valence-electron chi connectivity index (χ4n) is 3.14. The lowest BCUT2D eigenvalue weighted by molar-refractivity contribution is -0.128. The van der Waals surface area contributed by atoms with Gasteiger partial charge in [0.15, 0.2) is 5.96 Å². The molecule has 0 saturated carbocycles. The predicted molar refractivity (Wildman–Crippen MR) is 120 cm³/mol. The van der Waals surface area contributed by atoms with Crippen LogP contribution < -0.4 is 15.4 Å². The molecule has 0 bridgehead atoms. The second kappa shape index (κ2) is 10.9. The highest BCUT2D eigenvalue weighted by Gasteiger charge is 2.17. The van der Waals surface area contributed by atoms with Crippen molar-refractivity contribution in [1.29, 1.82) is 0 Å². The molecule has 2 aromatic rings. The first-order valence-electron chi connectivity index (χ1n) is 10.2. The van der Waals surface area contributed by atoms with Crippen LogP contribution in [-0.2, 0) is 11.2 Å². The first-order valence-corrected chi connectivity index (χ1v) is 11.1. The zero-order valence-electron chi connectivity index (χ0n) is 17.2. The Morgan fingerprint density at radius 2 is 1.97 bits per heavy atom. The van der Waals surface area contributed by atoms with Crippen molar-refractivity contribution in [2.24, 2.45) is 4.99 Å². The van der Waals surface area contributed by atoms with Crippen LogP contribution in [0.1, 0.15) is 31.6 Å². The summed E-state index contributed by atoms with van der Waals surface area (Å²) < 4.78 is 5.69. The summed E-state index contributed by atoms with van der Waals surface area (Å²) in [4.78, 5) is 20.1. The van der Waals surface area contributed by atoms with E-state index in [2.05, 4.69) is 33.1 Å². The number of benzene rings is 1. The summed E-state index contributed by atoms with van der Waals surface area (Å²) in [6, 6.07) is 12.0. The van der Waals surface area contributed by atoms with Gasteiger partial charge in [0.1, 0.15) is 12.3 Å². The molecule has 29 heavy (non-hydrogen) atoms. The summed E-state index contributed by atoms with van der Waals surface area (Å²) in [6.45, 7) is 6.61. The van der Waals surface area contributed by atoms with Gasteiger partial charge < -0.3 is 20.3 Å². The van der Waals surface area contributed by atoms with E-state index in [1.807, 2.05) is 43.0 Å². The van der Waals surface area contributed by atoms with Gasteiger partial charge in [0.05, 0.1) is 6.10 Å². The highest BCUT2D eigenvalue weighted by Crippen LogP contribution is 2.17. The van der Waals surface area contributed by atoms with Gasteiger partial charge in [-0.2, -0.15) is 0 Å². The monoisotopic (exact) mass is 414 g/mol. The molecule has 1 amide bonds. The maximum Gasteiger partial charge on any atom is 0.244 e. The molecule has 6 nitrogen and oxygen atoms in total. The molecule has 2 N–H and O–H groups in total. The number of aliphatic imine (C=N–C) groups is 1. The molecule has 7 heteroatoms. The first kappa shape index (κ1) is 21.2. The molecule has 1 saturated heterocycles. The van der Waals surface area contributed by atoms with Crippen molar-refractivity contribution in [1.82, 2.24) is 10.2 Å². The second-order valence-electron chi connectivity index (χ2n) is 7.32. The molecule has 0 atom stereocenters. The lowest BCUT2D eigenvalue weighted by Crippen LogP contribution is -2.35. The van der Waals surface area contributed by atoms with Gasteiger partial charge in [-0.25, -0.2) is 4.99 Å². The van der Waals surface area contributed by atoms with Crippen molar-refractivity contribution in [2.45, 2.75) is 39.2 Å². The smallest absolute Gasteiger partial charge is 0.244 e. The Kier molecular flexibility index (Phi) is 7.93. The molecule has 1 aliphatic heterocycles. The lowest BCUT2D eigenvalue weighted by Gasteiger charge is -2.16. The fourth-order valence-corrected chi connectivity index (χ4v) is 3.85. The zero-order chi connectivity index (χ0) is 20.5. The molecule has 1 aromatic carbocycles. The number of amides is 1. The Morgan fingerprint density at radius 3 is 2.62 bits per heavy atom. The number of nitrogens with one attached hydrogen (secondary N) is 2. The van der Waals surface area contributed by atoms with Crippen molar-refractivity contribution < 1.29 is 9.53 Å². The first-order chi connectivity index (χ1) is 14.1. The SMILES string of the molecule is CC(C)Oc1ccc(NC(=NCC(=O)N2CCCC2)NCCc2cccs2)cc1. The number of likely N-dealkylation sites (tertiary alicyclic amines) is 1. The number of hydrogen-bond donors (Lipinski definition) is 2. The van der Waals surface area contributed by atoms with E-state index in [4.69, 9.17) is 4.74 Å². The van der Waals surface area contributed by atoms with Gasteiger partial charge in [0.2, 0.25) is 5.91 Å².